The summed E-state index contributed by atoms with van der Waals surface area (Å²) in [5.74, 6) is -1.17. The first-order chi connectivity index (χ1) is 6.47. The first-order valence-electron chi connectivity index (χ1n) is 4.10. The summed E-state index contributed by atoms with van der Waals surface area (Å²) in [4.78, 5) is 11.4. The fourth-order valence-corrected chi connectivity index (χ4v) is 0.976. The second kappa shape index (κ2) is 3.70. The first-order valence-corrected chi connectivity index (χ1v) is 4.10. The predicted molar refractivity (Wildman–Crippen MR) is 50.4 cm³/mol. The number of benzene rings is 1. The number of allylic oxidation sites excluding steroid dienone is 1. The molecule has 1 aromatic rings. The highest BCUT2D eigenvalue weighted by molar-refractivity contribution is 6.03. The van der Waals surface area contributed by atoms with Gasteiger partial charge < -0.3 is 0 Å². The van der Waals surface area contributed by atoms with Crippen LogP contribution >= 0.6 is 0 Å². The molecule has 0 saturated carbocycles. The van der Waals surface area contributed by atoms with E-state index in [-0.39, 0.29) is 5.56 Å². The fraction of sp³-hybridized carbons (Fsp3) is 0.182. The van der Waals surface area contributed by atoms with Crippen LogP contribution in [0.3, 0.4) is 0 Å². The molecule has 0 saturated heterocycles. The lowest BCUT2D eigenvalue weighted by molar-refractivity contribution is 0.0807. The number of hydrogen-bond acceptors (Lipinski definition) is 1. The average Bonchev–Trinajstić information content (AvgIpc) is 2.18. The zero-order valence-corrected chi connectivity index (χ0v) is 7.76. The molecule has 1 aromatic carbocycles. The number of rotatable bonds is 3. The molecular weight excluding hydrogens is 186 g/mol. The molecule has 3 heteroatoms. The van der Waals surface area contributed by atoms with Crippen LogP contribution in [0.4, 0.5) is 8.78 Å². The molecule has 0 heterocycles. The summed E-state index contributed by atoms with van der Waals surface area (Å²) in [6.45, 7) is 4.34. The second-order valence-electron chi connectivity index (χ2n) is 3.12. The van der Waals surface area contributed by atoms with Crippen LogP contribution < -0.4 is 0 Å². The van der Waals surface area contributed by atoms with Gasteiger partial charge in [-0.05, 0) is 37.3 Å². The smallest absolute Gasteiger partial charge is 0.203 e. The van der Waals surface area contributed by atoms with Gasteiger partial charge in [-0.1, -0.05) is 6.58 Å². The molecule has 0 radical (unpaired) electrons. The Morgan fingerprint density at radius 3 is 2.36 bits per heavy atom. The van der Waals surface area contributed by atoms with E-state index in [0.717, 1.165) is 25.1 Å². The Morgan fingerprint density at radius 2 is 1.93 bits per heavy atom. The molecule has 0 spiro atoms. The minimum Gasteiger partial charge on any atom is -0.290 e. The predicted octanol–water partition coefficient (Wildman–Crippen LogP) is 2.92. The van der Waals surface area contributed by atoms with E-state index in [1.807, 2.05) is 0 Å². The van der Waals surface area contributed by atoms with Crippen LogP contribution in [0.15, 0.2) is 36.9 Å². The SMILES string of the molecule is C=CC(C)(F)C(=O)c1ccc(F)cc1. The standard InChI is InChI=1S/C11H10F2O/c1-3-11(2,13)10(14)8-4-6-9(12)7-5-8/h3-7H,1H2,2H3. The summed E-state index contributed by atoms with van der Waals surface area (Å²) in [5, 5.41) is 0. The Hall–Kier alpha value is -1.51. The van der Waals surface area contributed by atoms with Crippen LogP contribution in [0, 0.1) is 5.82 Å². The van der Waals surface area contributed by atoms with Crippen molar-refractivity contribution in [2.75, 3.05) is 0 Å². The van der Waals surface area contributed by atoms with Gasteiger partial charge in [0.15, 0.2) is 5.67 Å². The zero-order valence-electron chi connectivity index (χ0n) is 7.76. The van der Waals surface area contributed by atoms with E-state index in [2.05, 4.69) is 6.58 Å². The molecule has 1 atom stereocenters. The maximum atomic E-state index is 13.4. The van der Waals surface area contributed by atoms with Gasteiger partial charge in [0.25, 0.3) is 0 Å². The third kappa shape index (κ3) is 2.05. The molecule has 1 unspecified atom stereocenters. The Morgan fingerprint density at radius 1 is 1.43 bits per heavy atom. The molecule has 0 N–H and O–H groups in total. The van der Waals surface area contributed by atoms with E-state index in [9.17, 15) is 13.6 Å². The molecule has 0 bridgehead atoms. The fourth-order valence-electron chi connectivity index (χ4n) is 0.976. The van der Waals surface area contributed by atoms with Crippen molar-refractivity contribution in [3.8, 4) is 0 Å². The van der Waals surface area contributed by atoms with Crippen molar-refractivity contribution in [1.82, 2.24) is 0 Å². The largest absolute Gasteiger partial charge is 0.290 e. The third-order valence-electron chi connectivity index (χ3n) is 1.93. The van der Waals surface area contributed by atoms with Crippen LogP contribution in [0.5, 0.6) is 0 Å². The van der Waals surface area contributed by atoms with Gasteiger partial charge >= 0.3 is 0 Å². The summed E-state index contributed by atoms with van der Waals surface area (Å²) in [7, 11) is 0. The van der Waals surface area contributed by atoms with Crippen molar-refractivity contribution in [1.29, 1.82) is 0 Å². The van der Waals surface area contributed by atoms with E-state index in [0.29, 0.717) is 0 Å². The Balaban J connectivity index is 3.01. The Kier molecular flexibility index (Phi) is 2.79. The lowest BCUT2D eigenvalue weighted by atomic mass is 9.97. The molecule has 1 nitrogen and oxygen atoms in total. The summed E-state index contributed by atoms with van der Waals surface area (Å²) in [6.07, 6.45) is 0.929. The van der Waals surface area contributed by atoms with Crippen molar-refractivity contribution >= 4 is 5.78 Å². The van der Waals surface area contributed by atoms with Crippen molar-refractivity contribution in [3.63, 3.8) is 0 Å². The van der Waals surface area contributed by atoms with Crippen LogP contribution in [0.25, 0.3) is 0 Å². The number of hydrogen-bond donors (Lipinski definition) is 0. The minimum atomic E-state index is -2.10. The number of carbonyl (C=O) groups is 1. The summed E-state index contributed by atoms with van der Waals surface area (Å²) in [6, 6.07) is 4.73. The Bertz CT molecular complexity index is 352. The summed E-state index contributed by atoms with van der Waals surface area (Å²) < 4.78 is 25.9. The quantitative estimate of drug-likeness (QED) is 0.536. The van der Waals surface area contributed by atoms with E-state index in [1.54, 1.807) is 0 Å². The van der Waals surface area contributed by atoms with E-state index in [1.165, 1.54) is 12.1 Å². The lowest BCUT2D eigenvalue weighted by Gasteiger charge is -2.13. The molecule has 0 fully saturated rings. The topological polar surface area (TPSA) is 17.1 Å². The molecular formula is C11H10F2O. The van der Waals surface area contributed by atoms with Gasteiger partial charge in [0.2, 0.25) is 5.78 Å². The van der Waals surface area contributed by atoms with E-state index < -0.39 is 17.3 Å². The lowest BCUT2D eigenvalue weighted by Crippen LogP contribution is -2.27. The van der Waals surface area contributed by atoms with Gasteiger partial charge in [0.1, 0.15) is 5.82 Å². The van der Waals surface area contributed by atoms with Crippen LogP contribution in [-0.4, -0.2) is 11.5 Å². The summed E-state index contributed by atoms with van der Waals surface area (Å²) >= 11 is 0. The van der Waals surface area contributed by atoms with Crippen molar-refractivity contribution in [2.45, 2.75) is 12.6 Å². The molecule has 0 aromatic heterocycles. The second-order valence-corrected chi connectivity index (χ2v) is 3.12. The van der Waals surface area contributed by atoms with Crippen LogP contribution in [0.1, 0.15) is 17.3 Å². The highest BCUT2D eigenvalue weighted by Gasteiger charge is 2.29. The van der Waals surface area contributed by atoms with Gasteiger partial charge in [-0.15, -0.1) is 0 Å². The normalized spacial score (nSPS) is 14.5. The highest BCUT2D eigenvalue weighted by Crippen LogP contribution is 2.18. The monoisotopic (exact) mass is 196 g/mol. The highest BCUT2D eigenvalue weighted by atomic mass is 19.1. The maximum absolute atomic E-state index is 13.4. The van der Waals surface area contributed by atoms with E-state index in [4.69, 9.17) is 0 Å². The molecule has 14 heavy (non-hydrogen) atoms. The third-order valence-corrected chi connectivity index (χ3v) is 1.93. The van der Waals surface area contributed by atoms with Gasteiger partial charge in [0, 0.05) is 5.56 Å². The molecule has 74 valence electrons. The maximum Gasteiger partial charge on any atom is 0.203 e. The molecule has 0 aliphatic rings. The number of carbonyl (C=O) groups excluding carboxylic acids is 1. The van der Waals surface area contributed by atoms with Gasteiger partial charge in [-0.25, -0.2) is 8.78 Å². The molecule has 0 amide bonds. The van der Waals surface area contributed by atoms with Crippen LogP contribution in [-0.2, 0) is 0 Å². The number of alkyl halides is 1. The van der Waals surface area contributed by atoms with Crippen LogP contribution in [0.2, 0.25) is 0 Å². The molecule has 0 aliphatic heterocycles. The number of ketones is 1. The first kappa shape index (κ1) is 10.6. The van der Waals surface area contributed by atoms with Gasteiger partial charge in [-0.2, -0.15) is 0 Å². The van der Waals surface area contributed by atoms with Crippen molar-refractivity contribution < 1.29 is 13.6 Å². The number of halogens is 2. The zero-order chi connectivity index (χ0) is 10.8. The van der Waals surface area contributed by atoms with Gasteiger partial charge in [0.05, 0.1) is 0 Å². The van der Waals surface area contributed by atoms with Gasteiger partial charge in [-0.3, -0.25) is 4.79 Å². The molecule has 0 aliphatic carbocycles. The minimum absolute atomic E-state index is 0.135. The van der Waals surface area contributed by atoms with Crippen molar-refractivity contribution in [2.24, 2.45) is 0 Å². The number of Topliss-reactive ketones (excluding diaryl/α,β-unsaturated/α-hetero) is 1. The van der Waals surface area contributed by atoms with E-state index >= 15 is 0 Å². The average molecular weight is 196 g/mol. The summed E-state index contributed by atoms with van der Waals surface area (Å²) in [5.41, 5.74) is -1.96. The van der Waals surface area contributed by atoms with Crippen molar-refractivity contribution in [3.05, 3.63) is 48.3 Å². The Labute approximate surface area is 81.1 Å². The molecule has 1 rings (SSSR count).